The van der Waals surface area contributed by atoms with Crippen LogP contribution < -0.4 is 5.32 Å². The second-order valence-electron chi connectivity index (χ2n) is 5.80. The van der Waals surface area contributed by atoms with E-state index in [2.05, 4.69) is 11.9 Å². The monoisotopic (exact) mass is 305 g/mol. The van der Waals surface area contributed by atoms with Crippen LogP contribution in [0, 0.1) is 5.92 Å². The number of ether oxygens (including phenoxy) is 1. The predicted molar refractivity (Wildman–Crippen MR) is 82.9 cm³/mol. The highest BCUT2D eigenvalue weighted by molar-refractivity contribution is 5.93. The van der Waals surface area contributed by atoms with Crippen LogP contribution in [0.15, 0.2) is 35.5 Å². The third-order valence-corrected chi connectivity index (χ3v) is 4.14. The Morgan fingerprint density at radius 1 is 1.50 bits per heavy atom. The van der Waals surface area contributed by atoms with Gasteiger partial charge in [-0.1, -0.05) is 18.2 Å². The summed E-state index contributed by atoms with van der Waals surface area (Å²) in [7, 11) is 0. The average Bonchev–Trinajstić information content (AvgIpc) is 2.75. The normalized spacial score (nSPS) is 28.1. The first kappa shape index (κ1) is 16.5. The van der Waals surface area contributed by atoms with Crippen LogP contribution >= 0.6 is 0 Å². The van der Waals surface area contributed by atoms with E-state index in [1.807, 2.05) is 19.1 Å². The van der Waals surface area contributed by atoms with Crippen LogP contribution in [-0.2, 0) is 14.3 Å². The number of aliphatic hydroxyl groups excluding tert-OH is 1. The van der Waals surface area contributed by atoms with Gasteiger partial charge in [-0.2, -0.15) is 0 Å². The third-order valence-electron chi connectivity index (χ3n) is 4.14. The molecule has 5 heteroatoms. The van der Waals surface area contributed by atoms with E-state index in [1.165, 1.54) is 0 Å². The van der Waals surface area contributed by atoms with Gasteiger partial charge in [0, 0.05) is 23.6 Å². The Labute approximate surface area is 130 Å². The molecule has 1 amide bonds. The Bertz CT molecular complexity index is 533. The van der Waals surface area contributed by atoms with Gasteiger partial charge < -0.3 is 15.2 Å². The minimum absolute atomic E-state index is 0.0745. The van der Waals surface area contributed by atoms with Crippen LogP contribution in [0.3, 0.4) is 0 Å². The van der Waals surface area contributed by atoms with Crippen LogP contribution in [0.1, 0.15) is 32.6 Å². The largest absolute Gasteiger partial charge is 0.454 e. The molecule has 1 aliphatic carbocycles. The molecule has 1 heterocycles. The first-order chi connectivity index (χ1) is 10.5. The number of hydrogen-bond donors (Lipinski definition) is 2. The summed E-state index contributed by atoms with van der Waals surface area (Å²) in [6, 6.07) is 0. The SMILES string of the molecule is C=C1C(=O)O[C@H]2C=C(C)CC/C=C(/C(=O)NCCO)CC[C@H]12. The van der Waals surface area contributed by atoms with Crippen molar-refractivity contribution in [3.63, 3.8) is 0 Å². The lowest BCUT2D eigenvalue weighted by Gasteiger charge is -2.18. The van der Waals surface area contributed by atoms with E-state index in [9.17, 15) is 9.59 Å². The number of hydrogen-bond acceptors (Lipinski definition) is 4. The van der Waals surface area contributed by atoms with Crippen molar-refractivity contribution in [2.75, 3.05) is 13.2 Å². The number of amides is 1. The summed E-state index contributed by atoms with van der Waals surface area (Å²) in [6.07, 6.45) is 6.51. The number of fused-ring (bicyclic) bond motifs is 1. The first-order valence-electron chi connectivity index (χ1n) is 7.68. The van der Waals surface area contributed by atoms with Crippen molar-refractivity contribution in [2.24, 2.45) is 5.92 Å². The molecule has 2 rings (SSSR count). The molecule has 0 bridgehead atoms. The minimum Gasteiger partial charge on any atom is -0.454 e. The molecule has 22 heavy (non-hydrogen) atoms. The topological polar surface area (TPSA) is 75.6 Å². The molecule has 0 spiro atoms. The zero-order chi connectivity index (χ0) is 16.1. The quantitative estimate of drug-likeness (QED) is 0.472. The maximum atomic E-state index is 12.1. The average molecular weight is 305 g/mol. The number of carbonyl (C=O) groups excluding carboxylic acids is 2. The summed E-state index contributed by atoms with van der Waals surface area (Å²) < 4.78 is 5.37. The lowest BCUT2D eigenvalue weighted by molar-refractivity contribution is -0.137. The molecule has 1 aliphatic heterocycles. The van der Waals surface area contributed by atoms with Gasteiger partial charge in [0.25, 0.3) is 0 Å². The summed E-state index contributed by atoms with van der Waals surface area (Å²) in [5.74, 6) is -0.563. The van der Waals surface area contributed by atoms with E-state index in [1.54, 1.807) is 0 Å². The van der Waals surface area contributed by atoms with Crippen molar-refractivity contribution >= 4 is 11.9 Å². The molecule has 1 fully saturated rings. The van der Waals surface area contributed by atoms with Crippen molar-refractivity contribution in [1.82, 2.24) is 5.32 Å². The summed E-state index contributed by atoms with van der Waals surface area (Å²) in [5, 5.41) is 11.5. The number of rotatable bonds is 3. The maximum absolute atomic E-state index is 12.1. The van der Waals surface area contributed by atoms with E-state index in [0.29, 0.717) is 24.0 Å². The standard InChI is InChI=1S/C17H23NO4/c1-11-4-3-5-13(16(20)18-8-9-19)6-7-14-12(2)17(21)22-15(14)10-11/h5,10,14-15,19H,2-4,6-9H2,1H3,(H,18,20)/b11-10?,13-5+/t14-,15+/m1/s1. The van der Waals surface area contributed by atoms with Crippen molar-refractivity contribution in [2.45, 2.75) is 38.7 Å². The molecule has 0 unspecified atom stereocenters. The van der Waals surface area contributed by atoms with Gasteiger partial charge in [-0.25, -0.2) is 4.79 Å². The summed E-state index contributed by atoms with van der Waals surface area (Å²) in [6.45, 7) is 6.01. The maximum Gasteiger partial charge on any atom is 0.334 e. The molecule has 0 aromatic rings. The van der Waals surface area contributed by atoms with Gasteiger partial charge in [0.2, 0.25) is 5.91 Å². The van der Waals surface area contributed by atoms with E-state index >= 15 is 0 Å². The number of aliphatic hydroxyl groups is 1. The van der Waals surface area contributed by atoms with Crippen molar-refractivity contribution in [1.29, 1.82) is 0 Å². The van der Waals surface area contributed by atoms with E-state index in [-0.39, 0.29) is 37.0 Å². The van der Waals surface area contributed by atoms with E-state index in [4.69, 9.17) is 9.84 Å². The molecule has 2 N–H and O–H groups in total. The highest BCUT2D eigenvalue weighted by atomic mass is 16.5. The molecule has 120 valence electrons. The second-order valence-corrected chi connectivity index (χ2v) is 5.80. The van der Waals surface area contributed by atoms with Gasteiger partial charge in [0.05, 0.1) is 6.61 Å². The lowest BCUT2D eigenvalue weighted by Crippen LogP contribution is -2.28. The molecule has 0 aromatic heterocycles. The fourth-order valence-electron chi connectivity index (χ4n) is 2.86. The Morgan fingerprint density at radius 3 is 3.00 bits per heavy atom. The van der Waals surface area contributed by atoms with Crippen molar-refractivity contribution in [3.05, 3.63) is 35.5 Å². The molecule has 0 radical (unpaired) electrons. The number of allylic oxidation sites excluding steroid dienone is 2. The molecule has 0 saturated carbocycles. The predicted octanol–water partition coefficient (Wildman–Crippen LogP) is 1.64. The van der Waals surface area contributed by atoms with Gasteiger partial charge in [0.1, 0.15) is 6.10 Å². The molecule has 0 aromatic carbocycles. The first-order valence-corrected chi connectivity index (χ1v) is 7.68. The summed E-state index contributed by atoms with van der Waals surface area (Å²) in [4.78, 5) is 23.8. The molecular formula is C17H23NO4. The van der Waals surface area contributed by atoms with Crippen LogP contribution in [0.5, 0.6) is 0 Å². The summed E-state index contributed by atoms with van der Waals surface area (Å²) in [5.41, 5.74) is 2.34. The zero-order valence-electron chi connectivity index (χ0n) is 12.9. The Kier molecular flexibility index (Phi) is 5.55. The van der Waals surface area contributed by atoms with E-state index < -0.39 is 0 Å². The highest BCUT2D eigenvalue weighted by Crippen LogP contribution is 2.34. The number of nitrogens with one attached hydrogen (secondary N) is 1. The van der Waals surface area contributed by atoms with Crippen LogP contribution in [0.25, 0.3) is 0 Å². The van der Waals surface area contributed by atoms with Crippen molar-refractivity contribution < 1.29 is 19.4 Å². The highest BCUT2D eigenvalue weighted by Gasteiger charge is 2.37. The molecule has 5 nitrogen and oxygen atoms in total. The molecule has 2 atom stereocenters. The van der Waals surface area contributed by atoms with Crippen LogP contribution in [-0.4, -0.2) is 36.2 Å². The minimum atomic E-state index is -0.339. The summed E-state index contributed by atoms with van der Waals surface area (Å²) >= 11 is 0. The Balaban J connectivity index is 2.15. The Morgan fingerprint density at radius 2 is 2.27 bits per heavy atom. The van der Waals surface area contributed by atoms with Crippen LogP contribution in [0.2, 0.25) is 0 Å². The smallest absolute Gasteiger partial charge is 0.334 e. The fourth-order valence-corrected chi connectivity index (χ4v) is 2.86. The van der Waals surface area contributed by atoms with Gasteiger partial charge in [0.15, 0.2) is 0 Å². The lowest BCUT2D eigenvalue weighted by atomic mass is 9.87. The number of carbonyl (C=O) groups is 2. The molecule has 2 aliphatic rings. The van der Waals surface area contributed by atoms with Crippen molar-refractivity contribution in [3.8, 4) is 0 Å². The van der Waals surface area contributed by atoms with Gasteiger partial charge in [-0.05, 0) is 38.7 Å². The second kappa shape index (κ2) is 7.40. The van der Waals surface area contributed by atoms with Gasteiger partial charge in [-0.3, -0.25) is 4.79 Å². The zero-order valence-corrected chi connectivity index (χ0v) is 12.9. The molecule has 1 saturated heterocycles. The van der Waals surface area contributed by atoms with Crippen LogP contribution in [0.4, 0.5) is 0 Å². The van der Waals surface area contributed by atoms with Gasteiger partial charge in [-0.15, -0.1) is 0 Å². The van der Waals surface area contributed by atoms with Gasteiger partial charge >= 0.3 is 5.97 Å². The molecular weight excluding hydrogens is 282 g/mol. The number of esters is 1. The Hall–Kier alpha value is -1.88. The third kappa shape index (κ3) is 3.85. The van der Waals surface area contributed by atoms with E-state index in [0.717, 1.165) is 18.4 Å². The fraction of sp³-hybridized carbons (Fsp3) is 0.529.